The highest BCUT2D eigenvalue weighted by Crippen LogP contribution is 2.43. The molecular weight excluding hydrogens is 314 g/mol. The van der Waals surface area contributed by atoms with Gasteiger partial charge < -0.3 is 10.0 Å². The summed E-state index contributed by atoms with van der Waals surface area (Å²) in [5.74, 6) is -0.257. The third-order valence-corrected chi connectivity index (χ3v) is 7.00. The summed E-state index contributed by atoms with van der Waals surface area (Å²) in [4.78, 5) is 14.0. The van der Waals surface area contributed by atoms with Crippen LogP contribution in [-0.4, -0.2) is 54.5 Å². The van der Waals surface area contributed by atoms with Gasteiger partial charge in [-0.15, -0.1) is 0 Å². The molecule has 6 heteroatoms. The molecule has 5 nitrogen and oxygen atoms in total. The molecule has 1 rings (SSSR count). The molecule has 0 radical (unpaired) electrons. The smallest absolute Gasteiger partial charge is 0.225 e. The van der Waals surface area contributed by atoms with Gasteiger partial charge >= 0.3 is 0 Å². The van der Waals surface area contributed by atoms with Gasteiger partial charge in [-0.1, -0.05) is 20.8 Å². The fourth-order valence-corrected chi connectivity index (χ4v) is 3.90. The summed E-state index contributed by atoms with van der Waals surface area (Å²) >= 11 is 0. The molecule has 1 aliphatic carbocycles. The normalized spacial score (nSPS) is 27.9. The monoisotopic (exact) mass is 347 g/mol. The Hall–Kier alpha value is -0.620. The summed E-state index contributed by atoms with van der Waals surface area (Å²) in [6, 6.07) is -0.374. The second kappa shape index (κ2) is 6.71. The van der Waals surface area contributed by atoms with Gasteiger partial charge in [0.2, 0.25) is 5.91 Å². The topological polar surface area (TPSA) is 74.7 Å². The zero-order valence-electron chi connectivity index (χ0n) is 15.6. The predicted octanol–water partition coefficient (Wildman–Crippen LogP) is 2.23. The first kappa shape index (κ1) is 20.4. The minimum Gasteiger partial charge on any atom is -0.390 e. The van der Waals surface area contributed by atoms with Crippen LogP contribution in [0.3, 0.4) is 0 Å². The third-order valence-electron chi connectivity index (χ3n) is 5.26. The van der Waals surface area contributed by atoms with Crippen molar-refractivity contribution in [3.8, 4) is 0 Å². The molecule has 0 unspecified atom stereocenters. The Labute approximate surface area is 141 Å². The molecule has 1 saturated carbocycles. The first-order valence-corrected chi connectivity index (χ1v) is 10.3. The highest BCUT2D eigenvalue weighted by atomic mass is 32.2. The number of nitrogens with zero attached hydrogens (tertiary/aromatic N) is 1. The van der Waals surface area contributed by atoms with Crippen LogP contribution in [0.4, 0.5) is 0 Å². The number of carbonyl (C=O) groups is 1. The molecule has 0 saturated heterocycles. The molecule has 0 spiro atoms. The molecule has 2 atom stereocenters. The number of hydrogen-bond acceptors (Lipinski definition) is 4. The van der Waals surface area contributed by atoms with Gasteiger partial charge in [0.05, 0.1) is 10.9 Å². The average Bonchev–Trinajstić information content (AvgIpc) is 2.36. The van der Waals surface area contributed by atoms with Crippen molar-refractivity contribution in [2.24, 2.45) is 11.3 Å². The van der Waals surface area contributed by atoms with E-state index < -0.39 is 20.7 Å². The maximum atomic E-state index is 12.5. The number of hydrogen-bond donors (Lipinski definition) is 1. The lowest BCUT2D eigenvalue weighted by Gasteiger charge is -2.46. The van der Waals surface area contributed by atoms with E-state index >= 15 is 0 Å². The second-order valence-corrected chi connectivity index (χ2v) is 11.0. The molecule has 1 fully saturated rings. The van der Waals surface area contributed by atoms with Crippen LogP contribution in [0.5, 0.6) is 0 Å². The van der Waals surface area contributed by atoms with Gasteiger partial charge in [-0.2, -0.15) is 0 Å². The predicted molar refractivity (Wildman–Crippen MR) is 92.9 cm³/mol. The molecule has 1 amide bonds. The Kier molecular flexibility index (Phi) is 5.96. The molecule has 23 heavy (non-hydrogen) atoms. The van der Waals surface area contributed by atoms with Crippen LogP contribution >= 0.6 is 0 Å². The Morgan fingerprint density at radius 1 is 1.30 bits per heavy atom. The van der Waals surface area contributed by atoms with E-state index in [4.69, 9.17) is 0 Å². The zero-order valence-corrected chi connectivity index (χ0v) is 16.4. The minimum atomic E-state index is -3.19. The lowest BCUT2D eigenvalue weighted by atomic mass is 9.66. The highest BCUT2D eigenvalue weighted by molar-refractivity contribution is 7.91. The van der Waals surface area contributed by atoms with Gasteiger partial charge in [0.1, 0.15) is 0 Å². The number of carbonyl (C=O) groups excluding carboxylic acids is 1. The van der Waals surface area contributed by atoms with Crippen molar-refractivity contribution < 1.29 is 18.3 Å². The van der Waals surface area contributed by atoms with Crippen LogP contribution in [-0.2, 0) is 14.6 Å². The van der Waals surface area contributed by atoms with Gasteiger partial charge in [0.15, 0.2) is 9.84 Å². The number of sulfone groups is 1. The Balaban J connectivity index is 2.58. The lowest BCUT2D eigenvalue weighted by molar-refractivity contribution is -0.153. The molecule has 0 heterocycles. The highest BCUT2D eigenvalue weighted by Gasteiger charge is 2.47. The van der Waals surface area contributed by atoms with E-state index in [0.29, 0.717) is 19.3 Å². The van der Waals surface area contributed by atoms with Gasteiger partial charge in [-0.05, 0) is 44.9 Å². The van der Waals surface area contributed by atoms with E-state index in [9.17, 15) is 18.3 Å². The van der Waals surface area contributed by atoms with Crippen LogP contribution in [0.1, 0.15) is 60.3 Å². The van der Waals surface area contributed by atoms with Crippen molar-refractivity contribution in [3.05, 3.63) is 0 Å². The van der Waals surface area contributed by atoms with Crippen molar-refractivity contribution in [2.75, 3.05) is 13.3 Å². The Bertz CT molecular complexity index is 529. The molecule has 0 aromatic rings. The van der Waals surface area contributed by atoms with E-state index in [-0.39, 0.29) is 23.3 Å². The first-order valence-electron chi connectivity index (χ1n) is 8.34. The summed E-state index contributed by atoms with van der Waals surface area (Å²) in [5, 5.41) is 9.88. The lowest BCUT2D eigenvalue weighted by Crippen LogP contribution is -2.54. The van der Waals surface area contributed by atoms with Crippen LogP contribution in [0, 0.1) is 11.3 Å². The number of aliphatic hydroxyl groups is 1. The maximum Gasteiger partial charge on any atom is 0.225 e. The molecule has 0 aromatic carbocycles. The summed E-state index contributed by atoms with van der Waals surface area (Å²) < 4.78 is 23.3. The molecular formula is C17H33NO4S. The Morgan fingerprint density at radius 2 is 1.78 bits per heavy atom. The van der Waals surface area contributed by atoms with Crippen LogP contribution in [0.2, 0.25) is 0 Å². The average molecular weight is 348 g/mol. The van der Waals surface area contributed by atoms with E-state index in [0.717, 1.165) is 6.42 Å². The van der Waals surface area contributed by atoms with Crippen LogP contribution in [0.25, 0.3) is 0 Å². The van der Waals surface area contributed by atoms with Crippen molar-refractivity contribution in [1.82, 2.24) is 4.90 Å². The maximum absolute atomic E-state index is 12.5. The van der Waals surface area contributed by atoms with E-state index in [1.807, 2.05) is 0 Å². The largest absolute Gasteiger partial charge is 0.390 e. The fourth-order valence-electron chi connectivity index (χ4n) is 3.01. The molecule has 1 aliphatic rings. The molecule has 0 aliphatic heterocycles. The Morgan fingerprint density at radius 3 is 2.17 bits per heavy atom. The third kappa shape index (κ3) is 5.45. The fraction of sp³-hybridized carbons (Fsp3) is 0.941. The first-order chi connectivity index (χ1) is 10.2. The van der Waals surface area contributed by atoms with Gasteiger partial charge in [0, 0.05) is 25.3 Å². The van der Waals surface area contributed by atoms with E-state index in [2.05, 4.69) is 20.8 Å². The molecule has 0 aromatic heterocycles. The molecule has 1 N–H and O–H groups in total. The van der Waals surface area contributed by atoms with Crippen LogP contribution in [0.15, 0.2) is 0 Å². The number of rotatable bonds is 6. The van der Waals surface area contributed by atoms with Crippen molar-refractivity contribution in [2.45, 2.75) is 77.2 Å². The summed E-state index contributed by atoms with van der Waals surface area (Å²) in [6.07, 6.45) is 3.78. The summed E-state index contributed by atoms with van der Waals surface area (Å²) in [5.41, 5.74) is -0.568. The van der Waals surface area contributed by atoms with Crippen molar-refractivity contribution in [3.63, 3.8) is 0 Å². The van der Waals surface area contributed by atoms with Gasteiger partial charge in [0.25, 0.3) is 0 Å². The quantitative estimate of drug-likeness (QED) is 0.799. The SMILES string of the molecule is C[C@@H]([C@H](C)S(C)(=O)=O)N(C)C(=O)C1CC(O)(CCC(C)(C)C)C1. The van der Waals surface area contributed by atoms with E-state index in [1.165, 1.54) is 11.2 Å². The molecule has 136 valence electrons. The van der Waals surface area contributed by atoms with Crippen molar-refractivity contribution in [1.29, 1.82) is 0 Å². The second-order valence-electron chi connectivity index (χ2n) is 8.61. The van der Waals surface area contributed by atoms with Crippen molar-refractivity contribution >= 4 is 15.7 Å². The summed E-state index contributed by atoms with van der Waals surface area (Å²) in [6.45, 7) is 9.80. The number of amides is 1. The van der Waals surface area contributed by atoms with E-state index in [1.54, 1.807) is 20.9 Å². The zero-order chi connectivity index (χ0) is 18.2. The molecule has 0 bridgehead atoms. The minimum absolute atomic E-state index is 0.0616. The van der Waals surface area contributed by atoms with Crippen LogP contribution < -0.4 is 0 Å². The standard InChI is InChI=1S/C17H33NO4S/c1-12(13(2)23(7,21)22)18(6)15(19)14-10-17(20,11-14)9-8-16(3,4)5/h12-14,20H,8-11H2,1-7H3/t12-,13-,14?,17?/m0/s1. The van der Waals surface area contributed by atoms with Gasteiger partial charge in [-0.25, -0.2) is 8.42 Å². The summed E-state index contributed by atoms with van der Waals surface area (Å²) in [7, 11) is -1.53. The van der Waals surface area contributed by atoms with Gasteiger partial charge in [-0.3, -0.25) is 4.79 Å².